The highest BCUT2D eigenvalue weighted by molar-refractivity contribution is 6.27. The second-order valence-corrected chi connectivity index (χ2v) is 10.2. The van der Waals surface area contributed by atoms with Crippen molar-refractivity contribution in [3.8, 4) is 0 Å². The monoisotopic (exact) mass is 445 g/mol. The van der Waals surface area contributed by atoms with Gasteiger partial charge in [-0.3, -0.25) is 9.59 Å². The molecule has 7 nitrogen and oxygen atoms in total. The van der Waals surface area contributed by atoms with E-state index in [9.17, 15) is 29.7 Å². The molecule has 3 rings (SSSR count). The Labute approximate surface area is 189 Å². The zero-order valence-corrected chi connectivity index (χ0v) is 19.5. The Hall–Kier alpha value is -2.41. The van der Waals surface area contributed by atoms with Crippen molar-refractivity contribution in [1.82, 2.24) is 5.32 Å². The average molecular weight is 446 g/mol. The summed E-state index contributed by atoms with van der Waals surface area (Å²) in [5, 5.41) is 33.2. The van der Waals surface area contributed by atoms with E-state index in [1.807, 2.05) is 19.9 Å². The molecule has 0 unspecified atom stereocenters. The maximum atomic E-state index is 13.1. The average Bonchev–Trinajstić information content (AvgIpc) is 2.98. The summed E-state index contributed by atoms with van der Waals surface area (Å²) in [4.78, 5) is 37.1. The van der Waals surface area contributed by atoms with Gasteiger partial charge in [0.2, 0.25) is 0 Å². The molecule has 176 valence electrons. The van der Waals surface area contributed by atoms with Crippen LogP contribution in [0.15, 0.2) is 35.1 Å². The molecule has 32 heavy (non-hydrogen) atoms. The minimum absolute atomic E-state index is 0.0883. The summed E-state index contributed by atoms with van der Waals surface area (Å²) >= 11 is 0. The normalized spacial score (nSPS) is 38.7. The third-order valence-electron chi connectivity index (χ3n) is 7.68. The summed E-state index contributed by atoms with van der Waals surface area (Å²) in [6.07, 6.45) is 7.85. The van der Waals surface area contributed by atoms with Crippen molar-refractivity contribution in [3.05, 3.63) is 35.1 Å². The second-order valence-electron chi connectivity index (χ2n) is 10.2. The molecule has 1 amide bonds. The van der Waals surface area contributed by atoms with Crippen molar-refractivity contribution >= 4 is 17.7 Å². The highest BCUT2D eigenvalue weighted by Gasteiger charge is 2.49. The van der Waals surface area contributed by atoms with Gasteiger partial charge in [-0.05, 0) is 57.3 Å². The van der Waals surface area contributed by atoms with Crippen LogP contribution in [0.2, 0.25) is 0 Å². The predicted molar refractivity (Wildman–Crippen MR) is 120 cm³/mol. The van der Waals surface area contributed by atoms with E-state index in [0.717, 1.165) is 25.3 Å². The van der Waals surface area contributed by atoms with Gasteiger partial charge in [0.15, 0.2) is 11.4 Å². The Kier molecular flexibility index (Phi) is 6.70. The zero-order chi connectivity index (χ0) is 24.0. The molecule has 2 aliphatic carbocycles. The lowest BCUT2D eigenvalue weighted by Gasteiger charge is -2.47. The van der Waals surface area contributed by atoms with Gasteiger partial charge in [0.05, 0.1) is 6.04 Å². The number of rotatable bonds is 5. The SMILES string of the molecule is C/C=C(/C)[C@@H]1C=C[C@@H]2C[C@H](C)C[C@H](C)[C@H]2[C@@H]1/C(O)=C1/C(=O)N[C@H](C[C@](C)(O)C(=O)O)C1=O. The standard InChI is InChI=1S/C25H35NO6/c1-6-13(3)16-8-7-15-10-12(2)9-14(4)18(15)19(16)22(28)20-21(27)17(26-23(20)29)11-25(5,32)24(30)31/h6-8,12,14-19,28,32H,9-11H2,1-5H3,(H,26,29)(H,30,31)/b13-6-,22-20-/t12-,14+,15-,16+,17-,18-,19-,25+/m1/s1. The lowest BCUT2D eigenvalue weighted by Crippen LogP contribution is -2.43. The first-order chi connectivity index (χ1) is 14.9. The molecule has 1 heterocycles. The summed E-state index contributed by atoms with van der Waals surface area (Å²) < 4.78 is 0. The van der Waals surface area contributed by atoms with E-state index in [4.69, 9.17) is 0 Å². The molecule has 2 fully saturated rings. The van der Waals surface area contributed by atoms with Gasteiger partial charge in [-0.2, -0.15) is 0 Å². The molecule has 0 aromatic carbocycles. The summed E-state index contributed by atoms with van der Waals surface area (Å²) in [5.41, 5.74) is -1.41. The predicted octanol–water partition coefficient (Wildman–Crippen LogP) is 3.16. The molecule has 1 saturated heterocycles. The van der Waals surface area contributed by atoms with Crippen LogP contribution >= 0.6 is 0 Å². The minimum atomic E-state index is -2.17. The molecule has 3 aliphatic rings. The highest BCUT2D eigenvalue weighted by Crippen LogP contribution is 2.51. The van der Waals surface area contributed by atoms with Gasteiger partial charge >= 0.3 is 5.97 Å². The van der Waals surface area contributed by atoms with E-state index < -0.39 is 41.6 Å². The number of nitrogens with one attached hydrogen (secondary N) is 1. The van der Waals surface area contributed by atoms with Crippen LogP contribution in [0.5, 0.6) is 0 Å². The lowest BCUT2D eigenvalue weighted by atomic mass is 9.57. The highest BCUT2D eigenvalue weighted by atomic mass is 16.4. The lowest BCUT2D eigenvalue weighted by molar-refractivity contribution is -0.158. The van der Waals surface area contributed by atoms with Gasteiger partial charge in [0.1, 0.15) is 11.3 Å². The maximum absolute atomic E-state index is 13.1. The molecular weight excluding hydrogens is 410 g/mol. The third kappa shape index (κ3) is 4.27. The number of Topliss-reactive ketones (excluding diaryl/α,β-unsaturated/α-hetero) is 1. The summed E-state index contributed by atoms with van der Waals surface area (Å²) in [6, 6.07) is -1.19. The van der Waals surface area contributed by atoms with Crippen molar-refractivity contribution in [1.29, 1.82) is 0 Å². The molecule has 0 aromatic heterocycles. The molecule has 1 saturated carbocycles. The fraction of sp³-hybridized carbons (Fsp3) is 0.640. The van der Waals surface area contributed by atoms with Gasteiger partial charge < -0.3 is 20.6 Å². The number of allylic oxidation sites excluding steroid dienone is 5. The van der Waals surface area contributed by atoms with Crippen molar-refractivity contribution in [2.24, 2.45) is 35.5 Å². The zero-order valence-electron chi connectivity index (χ0n) is 19.5. The largest absolute Gasteiger partial charge is 0.511 e. The van der Waals surface area contributed by atoms with Crippen LogP contribution in [0, 0.1) is 35.5 Å². The number of aliphatic carboxylic acids is 1. The fourth-order valence-corrected chi connectivity index (χ4v) is 5.98. The number of ketones is 1. The van der Waals surface area contributed by atoms with Crippen LogP contribution in [-0.4, -0.2) is 44.6 Å². The van der Waals surface area contributed by atoms with Crippen molar-refractivity contribution in [3.63, 3.8) is 0 Å². The van der Waals surface area contributed by atoms with Crippen LogP contribution in [0.4, 0.5) is 0 Å². The number of fused-ring (bicyclic) bond motifs is 1. The molecular formula is C25H35NO6. The Bertz CT molecular complexity index is 898. The van der Waals surface area contributed by atoms with Gasteiger partial charge in [0.25, 0.3) is 5.91 Å². The van der Waals surface area contributed by atoms with Crippen LogP contribution in [0.3, 0.4) is 0 Å². The number of aliphatic hydroxyl groups excluding tert-OH is 1. The molecule has 1 aliphatic heterocycles. The van der Waals surface area contributed by atoms with Crippen LogP contribution < -0.4 is 5.32 Å². The van der Waals surface area contributed by atoms with Gasteiger partial charge in [-0.15, -0.1) is 0 Å². The Morgan fingerprint density at radius 2 is 1.88 bits per heavy atom. The number of carboxylic acid groups (broad SMARTS) is 1. The van der Waals surface area contributed by atoms with Gasteiger partial charge in [0, 0.05) is 18.3 Å². The molecule has 0 bridgehead atoms. The topological polar surface area (TPSA) is 124 Å². The van der Waals surface area contributed by atoms with E-state index in [1.165, 1.54) is 0 Å². The van der Waals surface area contributed by atoms with Crippen molar-refractivity contribution < 1.29 is 29.7 Å². The Morgan fingerprint density at radius 1 is 1.22 bits per heavy atom. The quantitative estimate of drug-likeness (QED) is 0.223. The first-order valence-electron chi connectivity index (χ1n) is 11.4. The number of carbonyl (C=O) groups is 3. The Morgan fingerprint density at radius 3 is 2.47 bits per heavy atom. The van der Waals surface area contributed by atoms with Crippen LogP contribution in [0.1, 0.15) is 53.9 Å². The van der Waals surface area contributed by atoms with E-state index >= 15 is 0 Å². The van der Waals surface area contributed by atoms with Crippen molar-refractivity contribution in [2.75, 3.05) is 0 Å². The fourth-order valence-electron chi connectivity index (χ4n) is 5.98. The maximum Gasteiger partial charge on any atom is 0.335 e. The third-order valence-corrected chi connectivity index (χ3v) is 7.68. The molecule has 8 atom stereocenters. The second kappa shape index (κ2) is 8.85. The van der Waals surface area contributed by atoms with Crippen LogP contribution in [-0.2, 0) is 14.4 Å². The van der Waals surface area contributed by atoms with E-state index in [1.54, 1.807) is 0 Å². The van der Waals surface area contributed by atoms with E-state index in [-0.39, 0.29) is 29.1 Å². The van der Waals surface area contributed by atoms with E-state index in [2.05, 4.69) is 31.3 Å². The molecule has 7 heteroatoms. The molecule has 0 aromatic rings. The number of carboxylic acids is 1. The smallest absolute Gasteiger partial charge is 0.335 e. The summed E-state index contributed by atoms with van der Waals surface area (Å²) in [6.45, 7) is 9.40. The summed E-state index contributed by atoms with van der Waals surface area (Å²) in [5.74, 6) is -2.39. The van der Waals surface area contributed by atoms with Crippen LogP contribution in [0.25, 0.3) is 0 Å². The van der Waals surface area contributed by atoms with Gasteiger partial charge in [-0.1, -0.05) is 37.6 Å². The minimum Gasteiger partial charge on any atom is -0.511 e. The number of hydrogen-bond acceptors (Lipinski definition) is 5. The number of hydrogen-bond donors (Lipinski definition) is 4. The summed E-state index contributed by atoms with van der Waals surface area (Å²) in [7, 11) is 0. The molecule has 0 spiro atoms. The first-order valence-corrected chi connectivity index (χ1v) is 11.4. The Balaban J connectivity index is 2.04. The molecule has 4 N–H and O–H groups in total. The number of carbonyl (C=O) groups excluding carboxylic acids is 2. The van der Waals surface area contributed by atoms with E-state index in [0.29, 0.717) is 11.8 Å². The van der Waals surface area contributed by atoms with Crippen molar-refractivity contribution in [2.45, 2.75) is 65.5 Å². The molecule has 0 radical (unpaired) electrons. The first kappa shape index (κ1) is 24.2. The van der Waals surface area contributed by atoms with Gasteiger partial charge in [-0.25, -0.2) is 4.79 Å². The number of aliphatic hydroxyl groups is 2. The number of amides is 1.